The first kappa shape index (κ1) is 33.7. The Kier molecular flexibility index (Phi) is 12.3. The van der Waals surface area contributed by atoms with Crippen LogP contribution in [0.3, 0.4) is 0 Å². The first-order chi connectivity index (χ1) is 22.4. The van der Waals surface area contributed by atoms with Crippen LogP contribution >= 0.6 is 0 Å². The number of β-amino-alcohol motifs (C(OH)–C–C–N with tert-alkyl or cyclic N) is 1. The Balaban J connectivity index is 1.19. The summed E-state index contributed by atoms with van der Waals surface area (Å²) in [6.45, 7) is 2.67. The van der Waals surface area contributed by atoms with Gasteiger partial charge in [-0.15, -0.1) is 0 Å². The second-order valence-corrected chi connectivity index (χ2v) is 12.2. The lowest BCUT2D eigenvalue weighted by Gasteiger charge is -2.37. The van der Waals surface area contributed by atoms with E-state index in [4.69, 9.17) is 14.7 Å². The molecular weight excluding hydrogens is 586 g/mol. The number of benzene rings is 3. The largest absolute Gasteiger partial charge is 0.392 e. The molecule has 246 valence electrons. The first-order valence-electron chi connectivity index (χ1n) is 16.2. The summed E-state index contributed by atoms with van der Waals surface area (Å²) in [6, 6.07) is 24.1. The highest BCUT2D eigenvalue weighted by Crippen LogP contribution is 2.39. The van der Waals surface area contributed by atoms with Gasteiger partial charge in [-0.2, -0.15) is 0 Å². The summed E-state index contributed by atoms with van der Waals surface area (Å²) in [5.41, 5.74) is 7.52. The third-order valence-electron chi connectivity index (χ3n) is 8.69. The fourth-order valence-electron chi connectivity index (χ4n) is 6.09. The number of hydroxylamine groups is 1. The van der Waals surface area contributed by atoms with E-state index in [-0.39, 0.29) is 37.2 Å². The minimum atomic E-state index is -0.545. The molecular formula is C36H45N3O7. The molecule has 2 amide bonds. The molecule has 0 unspecified atom stereocenters. The van der Waals surface area contributed by atoms with Gasteiger partial charge in [0.15, 0.2) is 6.29 Å². The van der Waals surface area contributed by atoms with Crippen LogP contribution in [0.5, 0.6) is 0 Å². The first-order valence-corrected chi connectivity index (χ1v) is 16.2. The molecule has 0 aromatic heterocycles. The molecule has 4 atom stereocenters. The number of carbonyl (C=O) groups excluding carboxylic acids is 2. The van der Waals surface area contributed by atoms with Gasteiger partial charge in [0.25, 0.3) is 0 Å². The number of ether oxygens (including phenoxy) is 2. The van der Waals surface area contributed by atoms with Crippen molar-refractivity contribution < 1.29 is 34.5 Å². The molecule has 5 rings (SSSR count). The fourth-order valence-corrected chi connectivity index (χ4v) is 6.09. The number of rotatable bonds is 14. The Morgan fingerprint density at radius 3 is 2.28 bits per heavy atom. The molecule has 2 aliphatic rings. The SMILES string of the molecule is O=C(CCCCCC(=O)NCc1cccc(-c2ccc([C@H]3O[C@@H](CN4CC[C@H](O)C4)C[C@@H](c4ccc(CO)cc4)O3)cc2)c1)NO. The molecule has 0 bridgehead atoms. The van der Waals surface area contributed by atoms with Gasteiger partial charge in [-0.25, -0.2) is 5.48 Å². The van der Waals surface area contributed by atoms with E-state index < -0.39 is 12.2 Å². The fraction of sp³-hybridized carbons (Fsp3) is 0.444. The Morgan fingerprint density at radius 1 is 0.848 bits per heavy atom. The van der Waals surface area contributed by atoms with Crippen molar-refractivity contribution in [2.45, 2.75) is 82.7 Å². The molecule has 10 nitrogen and oxygen atoms in total. The van der Waals surface area contributed by atoms with E-state index in [1.165, 1.54) is 0 Å². The molecule has 46 heavy (non-hydrogen) atoms. The van der Waals surface area contributed by atoms with Crippen molar-refractivity contribution in [3.63, 3.8) is 0 Å². The van der Waals surface area contributed by atoms with Crippen LogP contribution in [0, 0.1) is 0 Å². The maximum Gasteiger partial charge on any atom is 0.243 e. The summed E-state index contributed by atoms with van der Waals surface area (Å²) >= 11 is 0. The minimum absolute atomic E-state index is 0.00212. The summed E-state index contributed by atoms with van der Waals surface area (Å²) < 4.78 is 13.0. The van der Waals surface area contributed by atoms with Gasteiger partial charge >= 0.3 is 0 Å². The molecule has 3 aromatic rings. The maximum absolute atomic E-state index is 12.3. The predicted molar refractivity (Wildman–Crippen MR) is 172 cm³/mol. The zero-order chi connectivity index (χ0) is 32.3. The molecule has 5 N–H and O–H groups in total. The summed E-state index contributed by atoms with van der Waals surface area (Å²) in [4.78, 5) is 25.6. The van der Waals surface area contributed by atoms with Gasteiger partial charge < -0.3 is 25.0 Å². The van der Waals surface area contributed by atoms with Gasteiger partial charge in [-0.05, 0) is 53.1 Å². The van der Waals surface area contributed by atoms with Gasteiger partial charge in [-0.1, -0.05) is 73.2 Å². The van der Waals surface area contributed by atoms with Crippen LogP contribution in [-0.4, -0.2) is 64.0 Å². The normalized spacial score (nSPS) is 21.6. The van der Waals surface area contributed by atoms with E-state index in [0.29, 0.717) is 38.8 Å². The quantitative estimate of drug-likeness (QED) is 0.0994. The lowest BCUT2D eigenvalue weighted by atomic mass is 9.99. The zero-order valence-corrected chi connectivity index (χ0v) is 26.1. The van der Waals surface area contributed by atoms with Crippen LogP contribution < -0.4 is 10.8 Å². The van der Waals surface area contributed by atoms with Gasteiger partial charge in [-0.3, -0.25) is 19.7 Å². The van der Waals surface area contributed by atoms with Crippen molar-refractivity contribution in [3.8, 4) is 11.1 Å². The van der Waals surface area contributed by atoms with Gasteiger partial charge in [0, 0.05) is 51.0 Å². The van der Waals surface area contributed by atoms with Crippen molar-refractivity contribution in [1.29, 1.82) is 0 Å². The number of nitrogens with one attached hydrogen (secondary N) is 2. The highest BCUT2D eigenvalue weighted by molar-refractivity contribution is 5.76. The predicted octanol–water partition coefficient (Wildman–Crippen LogP) is 4.53. The van der Waals surface area contributed by atoms with Crippen molar-refractivity contribution in [2.24, 2.45) is 0 Å². The molecule has 0 aliphatic carbocycles. The van der Waals surface area contributed by atoms with Crippen LogP contribution in [0.15, 0.2) is 72.8 Å². The summed E-state index contributed by atoms with van der Waals surface area (Å²) in [5.74, 6) is -0.440. The summed E-state index contributed by atoms with van der Waals surface area (Å²) in [5, 5.41) is 31.0. The zero-order valence-electron chi connectivity index (χ0n) is 26.1. The average Bonchev–Trinajstić information content (AvgIpc) is 3.51. The highest BCUT2D eigenvalue weighted by Gasteiger charge is 2.34. The second-order valence-electron chi connectivity index (χ2n) is 12.2. The number of unbranched alkanes of at least 4 members (excludes halogenated alkanes) is 2. The third kappa shape index (κ3) is 9.68. The van der Waals surface area contributed by atoms with E-state index in [1.54, 1.807) is 5.48 Å². The van der Waals surface area contributed by atoms with Crippen LogP contribution in [0.2, 0.25) is 0 Å². The Bertz CT molecular complexity index is 1420. The molecule has 2 saturated heterocycles. The standard InChI is InChI=1S/C36H45N3O7/c40-24-25-9-11-28(12-10-25)33-20-32(23-39-18-17-31(41)22-39)45-36(46-33)29-15-13-27(14-16-29)30-6-4-5-26(19-30)21-37-34(42)7-2-1-3-8-35(43)38-44/h4-6,9-16,19,31-33,36,40-41,44H,1-3,7-8,17-18,20-24H2,(H,37,42)(H,38,43)/t31-,32+,33-,36-/m0/s1. The lowest BCUT2D eigenvalue weighted by molar-refractivity contribution is -0.252. The van der Waals surface area contributed by atoms with Crippen molar-refractivity contribution in [1.82, 2.24) is 15.7 Å². The molecule has 0 radical (unpaired) electrons. The Labute approximate surface area is 270 Å². The van der Waals surface area contributed by atoms with E-state index in [9.17, 15) is 19.8 Å². The van der Waals surface area contributed by atoms with E-state index in [0.717, 1.165) is 59.3 Å². The topological polar surface area (TPSA) is 141 Å². The average molecular weight is 632 g/mol. The molecule has 2 aliphatic heterocycles. The number of carbonyl (C=O) groups is 2. The van der Waals surface area contributed by atoms with Crippen LogP contribution in [0.25, 0.3) is 11.1 Å². The number of amides is 2. The number of nitrogens with zero attached hydrogens (tertiary/aromatic N) is 1. The Hall–Kier alpha value is -3.64. The minimum Gasteiger partial charge on any atom is -0.392 e. The molecule has 2 fully saturated rings. The van der Waals surface area contributed by atoms with Crippen molar-refractivity contribution in [3.05, 3.63) is 95.1 Å². The van der Waals surface area contributed by atoms with Crippen LogP contribution in [0.4, 0.5) is 0 Å². The molecule has 2 heterocycles. The van der Waals surface area contributed by atoms with Crippen LogP contribution in [0.1, 0.15) is 79.6 Å². The molecule has 0 spiro atoms. The van der Waals surface area contributed by atoms with Gasteiger partial charge in [0.2, 0.25) is 11.8 Å². The number of aliphatic hydroxyl groups is 2. The summed E-state index contributed by atoms with van der Waals surface area (Å²) in [7, 11) is 0. The number of likely N-dealkylation sites (tertiary alicyclic amines) is 1. The summed E-state index contributed by atoms with van der Waals surface area (Å²) in [6.07, 6.45) is 3.12. The van der Waals surface area contributed by atoms with Gasteiger partial charge in [0.05, 0.1) is 24.9 Å². The van der Waals surface area contributed by atoms with Crippen molar-refractivity contribution in [2.75, 3.05) is 19.6 Å². The maximum atomic E-state index is 12.3. The third-order valence-corrected chi connectivity index (χ3v) is 8.69. The molecule has 3 aromatic carbocycles. The molecule has 0 saturated carbocycles. The number of hydrogen-bond acceptors (Lipinski definition) is 8. The van der Waals surface area contributed by atoms with E-state index in [2.05, 4.69) is 28.4 Å². The number of hydrogen-bond donors (Lipinski definition) is 5. The van der Waals surface area contributed by atoms with Gasteiger partial charge in [0.1, 0.15) is 0 Å². The van der Waals surface area contributed by atoms with Crippen molar-refractivity contribution >= 4 is 11.8 Å². The molecule has 10 heteroatoms. The lowest BCUT2D eigenvalue weighted by Crippen LogP contribution is -2.38. The monoisotopic (exact) mass is 631 g/mol. The van der Waals surface area contributed by atoms with E-state index in [1.807, 2.05) is 54.6 Å². The van der Waals surface area contributed by atoms with Crippen LogP contribution in [-0.2, 0) is 32.2 Å². The van der Waals surface area contributed by atoms with E-state index >= 15 is 0 Å². The highest BCUT2D eigenvalue weighted by atomic mass is 16.7. The number of aliphatic hydroxyl groups excluding tert-OH is 2. The second kappa shape index (κ2) is 16.8. The smallest absolute Gasteiger partial charge is 0.243 e. The Morgan fingerprint density at radius 2 is 1.59 bits per heavy atom.